The van der Waals surface area contributed by atoms with Gasteiger partial charge in [-0.1, -0.05) is 49.4 Å². The maximum Gasteiger partial charge on any atom is 0.261 e. The predicted molar refractivity (Wildman–Crippen MR) is 143 cm³/mol. The Hall–Kier alpha value is -3.06. The van der Waals surface area contributed by atoms with Crippen LogP contribution in [0.1, 0.15) is 39.7 Å². The van der Waals surface area contributed by atoms with Gasteiger partial charge >= 0.3 is 0 Å². The Morgan fingerprint density at radius 1 is 1.06 bits per heavy atom. The molecule has 0 aliphatic rings. The second kappa shape index (κ2) is 11.6. The summed E-state index contributed by atoms with van der Waals surface area (Å²) in [5.74, 6) is 0.802. The van der Waals surface area contributed by atoms with Gasteiger partial charge in [-0.2, -0.15) is 0 Å². The summed E-state index contributed by atoms with van der Waals surface area (Å²) in [6, 6.07) is 18.6. The van der Waals surface area contributed by atoms with Crippen LogP contribution in [0.15, 0.2) is 65.1 Å². The summed E-state index contributed by atoms with van der Waals surface area (Å²) in [6.07, 6.45) is 0.470. The van der Waals surface area contributed by atoms with Crippen molar-refractivity contribution < 1.29 is 19.1 Å². The molecule has 6 nitrogen and oxygen atoms in total. The normalized spacial score (nSPS) is 12.2. The summed E-state index contributed by atoms with van der Waals surface area (Å²) in [4.78, 5) is 28.2. The van der Waals surface area contributed by atoms with Crippen molar-refractivity contribution in [2.24, 2.45) is 0 Å². The van der Waals surface area contributed by atoms with Crippen LogP contribution in [0.25, 0.3) is 10.8 Å². The molecule has 1 unspecified atom stereocenters. The lowest BCUT2D eigenvalue weighted by molar-refractivity contribution is -0.143. The SMILES string of the molecule is CCC(C(=O)NC(C)(C)C)N(Cc1cccc(OC)c1)C(=O)COc1ccc2ccccc2c1Br. The molecule has 186 valence electrons. The Morgan fingerprint density at radius 2 is 1.80 bits per heavy atom. The summed E-state index contributed by atoms with van der Waals surface area (Å²) in [5.41, 5.74) is 0.452. The summed E-state index contributed by atoms with van der Waals surface area (Å²) in [5, 5.41) is 5.08. The molecule has 0 radical (unpaired) electrons. The molecule has 1 N–H and O–H groups in total. The molecule has 0 aliphatic carbocycles. The standard InChI is InChI=1S/C28H33BrN2O4/c1-6-23(27(33)30-28(2,3)4)31(17-19-10-9-12-21(16-19)34-5)25(32)18-35-24-15-14-20-11-7-8-13-22(20)26(24)29/h7-16,23H,6,17-18H2,1-5H3,(H,30,33). The Bertz CT molecular complexity index is 1190. The lowest BCUT2D eigenvalue weighted by atomic mass is 10.1. The third-order valence-corrected chi connectivity index (χ3v) is 6.37. The number of methoxy groups -OCH3 is 1. The van der Waals surface area contributed by atoms with Gasteiger partial charge in [-0.15, -0.1) is 0 Å². The van der Waals surface area contributed by atoms with Crippen molar-refractivity contribution in [3.63, 3.8) is 0 Å². The van der Waals surface area contributed by atoms with Crippen LogP contribution in [0.2, 0.25) is 0 Å². The van der Waals surface area contributed by atoms with Gasteiger partial charge in [0.15, 0.2) is 6.61 Å². The maximum atomic E-state index is 13.5. The zero-order chi connectivity index (χ0) is 25.6. The molecule has 0 saturated carbocycles. The molecule has 7 heteroatoms. The van der Waals surface area contributed by atoms with E-state index in [1.165, 1.54) is 0 Å². The summed E-state index contributed by atoms with van der Waals surface area (Å²) >= 11 is 3.61. The monoisotopic (exact) mass is 540 g/mol. The topological polar surface area (TPSA) is 67.9 Å². The minimum absolute atomic E-state index is 0.192. The molecule has 3 rings (SSSR count). The van der Waals surface area contributed by atoms with E-state index in [1.54, 1.807) is 12.0 Å². The van der Waals surface area contributed by atoms with Crippen LogP contribution in [-0.2, 0) is 16.1 Å². The first-order valence-electron chi connectivity index (χ1n) is 11.7. The highest BCUT2D eigenvalue weighted by Crippen LogP contribution is 2.33. The van der Waals surface area contributed by atoms with Crippen LogP contribution < -0.4 is 14.8 Å². The van der Waals surface area contributed by atoms with E-state index >= 15 is 0 Å². The first kappa shape index (κ1) is 26.5. The predicted octanol–water partition coefficient (Wildman–Crippen LogP) is 5.71. The van der Waals surface area contributed by atoms with Crippen molar-refractivity contribution in [1.82, 2.24) is 10.2 Å². The van der Waals surface area contributed by atoms with Gasteiger partial charge in [0.2, 0.25) is 5.91 Å². The van der Waals surface area contributed by atoms with Crippen molar-refractivity contribution in [2.75, 3.05) is 13.7 Å². The number of halogens is 1. The van der Waals surface area contributed by atoms with E-state index in [0.29, 0.717) is 17.9 Å². The summed E-state index contributed by atoms with van der Waals surface area (Å²) < 4.78 is 12.1. The van der Waals surface area contributed by atoms with Crippen LogP contribution in [0.3, 0.4) is 0 Å². The van der Waals surface area contributed by atoms with Crippen LogP contribution in [0, 0.1) is 0 Å². The van der Waals surface area contributed by atoms with E-state index < -0.39 is 11.6 Å². The van der Waals surface area contributed by atoms with Crippen LogP contribution in [-0.4, -0.2) is 42.0 Å². The zero-order valence-electron chi connectivity index (χ0n) is 20.9. The molecule has 1 atom stereocenters. The quantitative estimate of drug-likeness (QED) is 0.377. The van der Waals surface area contributed by atoms with Crippen LogP contribution in [0.4, 0.5) is 0 Å². The van der Waals surface area contributed by atoms with Crippen molar-refractivity contribution in [2.45, 2.75) is 52.2 Å². The minimum Gasteiger partial charge on any atom is -0.497 e. The largest absolute Gasteiger partial charge is 0.497 e. The van der Waals surface area contributed by atoms with Gasteiger partial charge in [-0.25, -0.2) is 0 Å². The second-order valence-corrected chi connectivity index (χ2v) is 10.2. The highest BCUT2D eigenvalue weighted by molar-refractivity contribution is 9.10. The number of fused-ring (bicyclic) bond motifs is 1. The Morgan fingerprint density at radius 3 is 2.49 bits per heavy atom. The molecule has 35 heavy (non-hydrogen) atoms. The Labute approximate surface area is 215 Å². The Kier molecular flexibility index (Phi) is 8.78. The number of rotatable bonds is 9. The zero-order valence-corrected chi connectivity index (χ0v) is 22.5. The molecule has 0 aromatic heterocycles. The molecule has 0 bridgehead atoms. The average Bonchev–Trinajstić information content (AvgIpc) is 2.82. The number of carbonyl (C=O) groups excluding carboxylic acids is 2. The van der Waals surface area contributed by atoms with Gasteiger partial charge in [0.1, 0.15) is 17.5 Å². The fourth-order valence-electron chi connectivity index (χ4n) is 3.89. The maximum absolute atomic E-state index is 13.5. The molecule has 0 fully saturated rings. The number of benzene rings is 3. The third kappa shape index (κ3) is 6.98. The molecular weight excluding hydrogens is 508 g/mol. The third-order valence-electron chi connectivity index (χ3n) is 5.55. The lowest BCUT2D eigenvalue weighted by Gasteiger charge is -2.33. The number of hydrogen-bond donors (Lipinski definition) is 1. The number of nitrogens with zero attached hydrogens (tertiary/aromatic N) is 1. The number of carbonyl (C=O) groups is 2. The Balaban J connectivity index is 1.86. The second-order valence-electron chi connectivity index (χ2n) is 9.42. The molecule has 0 saturated heterocycles. The van der Waals surface area contributed by atoms with Gasteiger partial charge in [-0.3, -0.25) is 9.59 Å². The first-order chi connectivity index (χ1) is 16.6. The molecule has 0 aliphatic heterocycles. The highest BCUT2D eigenvalue weighted by atomic mass is 79.9. The fraction of sp³-hybridized carbons (Fsp3) is 0.357. The molecule has 2 amide bonds. The van der Waals surface area contributed by atoms with E-state index in [2.05, 4.69) is 21.2 Å². The van der Waals surface area contributed by atoms with E-state index in [1.807, 2.05) is 88.4 Å². The highest BCUT2D eigenvalue weighted by Gasteiger charge is 2.31. The van der Waals surface area contributed by atoms with Crippen molar-refractivity contribution in [3.05, 3.63) is 70.7 Å². The van der Waals surface area contributed by atoms with Crippen LogP contribution >= 0.6 is 15.9 Å². The average molecular weight is 541 g/mol. The summed E-state index contributed by atoms with van der Waals surface area (Å²) in [7, 11) is 1.60. The van der Waals surface area contributed by atoms with Gasteiger partial charge in [0.25, 0.3) is 5.91 Å². The number of amides is 2. The fourth-order valence-corrected chi connectivity index (χ4v) is 4.50. The molecule has 3 aromatic rings. The molecule has 3 aromatic carbocycles. The van der Waals surface area contributed by atoms with E-state index in [-0.39, 0.29) is 25.0 Å². The van der Waals surface area contributed by atoms with Gasteiger partial charge < -0.3 is 19.7 Å². The van der Waals surface area contributed by atoms with Crippen molar-refractivity contribution >= 4 is 38.5 Å². The van der Waals surface area contributed by atoms with Crippen molar-refractivity contribution in [3.8, 4) is 11.5 Å². The van der Waals surface area contributed by atoms with Gasteiger partial charge in [0.05, 0.1) is 11.6 Å². The van der Waals surface area contributed by atoms with E-state index in [4.69, 9.17) is 9.47 Å². The lowest BCUT2D eigenvalue weighted by Crippen LogP contribution is -2.54. The van der Waals surface area contributed by atoms with E-state index in [9.17, 15) is 9.59 Å². The van der Waals surface area contributed by atoms with Crippen LogP contribution in [0.5, 0.6) is 11.5 Å². The molecule has 0 spiro atoms. The minimum atomic E-state index is -0.642. The summed E-state index contributed by atoms with van der Waals surface area (Å²) in [6.45, 7) is 7.73. The number of hydrogen-bond acceptors (Lipinski definition) is 4. The molecule has 0 heterocycles. The number of nitrogens with one attached hydrogen (secondary N) is 1. The van der Waals surface area contributed by atoms with Gasteiger partial charge in [-0.05, 0) is 77.7 Å². The number of ether oxygens (including phenoxy) is 2. The first-order valence-corrected chi connectivity index (χ1v) is 12.5. The smallest absolute Gasteiger partial charge is 0.261 e. The van der Waals surface area contributed by atoms with Crippen molar-refractivity contribution in [1.29, 1.82) is 0 Å². The van der Waals surface area contributed by atoms with E-state index in [0.717, 1.165) is 20.8 Å². The van der Waals surface area contributed by atoms with Gasteiger partial charge in [0, 0.05) is 12.1 Å². The molecular formula is C28H33BrN2O4.